The molecule has 1 aliphatic rings. The first kappa shape index (κ1) is 18.6. The van der Waals surface area contributed by atoms with Crippen LogP contribution in [0.15, 0.2) is 48.5 Å². The Bertz CT molecular complexity index is 908. The molecule has 6 nitrogen and oxygen atoms in total. The Balaban J connectivity index is 2.14. The molecule has 1 N–H and O–H groups in total. The van der Waals surface area contributed by atoms with Gasteiger partial charge in [0.15, 0.2) is 5.54 Å². The molecule has 0 aromatic heterocycles. The van der Waals surface area contributed by atoms with Crippen molar-refractivity contribution in [1.29, 1.82) is 0 Å². The molecule has 0 bridgehead atoms. The number of hydrogen-bond acceptors (Lipinski definition) is 3. The summed E-state index contributed by atoms with van der Waals surface area (Å²) in [7, 11) is 3.18. The van der Waals surface area contributed by atoms with E-state index in [9.17, 15) is 14.4 Å². The van der Waals surface area contributed by atoms with Gasteiger partial charge in [0.1, 0.15) is 6.54 Å². The fourth-order valence-electron chi connectivity index (χ4n) is 3.22. The minimum atomic E-state index is -1.34. The molecule has 27 heavy (non-hydrogen) atoms. The van der Waals surface area contributed by atoms with Crippen LogP contribution >= 0.6 is 0 Å². The van der Waals surface area contributed by atoms with Crippen molar-refractivity contribution >= 4 is 17.8 Å². The lowest BCUT2D eigenvalue weighted by atomic mass is 9.81. The molecule has 1 heterocycles. The zero-order chi connectivity index (χ0) is 19.8. The quantitative estimate of drug-likeness (QED) is 0.845. The van der Waals surface area contributed by atoms with Crippen LogP contribution in [-0.2, 0) is 15.1 Å². The SMILES string of the molecule is Cc1ccc([C@]2(c3ccccc3)NC(=O)N(CC(=O)N(C)C)C2=O)cc1C. The fraction of sp³-hybridized carbons (Fsp3) is 0.286. The highest BCUT2D eigenvalue weighted by Crippen LogP contribution is 2.36. The highest BCUT2D eigenvalue weighted by Gasteiger charge is 2.54. The zero-order valence-corrected chi connectivity index (χ0v) is 15.9. The number of rotatable bonds is 4. The first-order valence-electron chi connectivity index (χ1n) is 8.75. The molecule has 0 unspecified atom stereocenters. The third-order valence-electron chi connectivity index (χ3n) is 5.04. The molecule has 0 spiro atoms. The summed E-state index contributed by atoms with van der Waals surface area (Å²) in [5.41, 5.74) is 2.11. The van der Waals surface area contributed by atoms with Crippen LogP contribution in [0.2, 0.25) is 0 Å². The van der Waals surface area contributed by atoms with Gasteiger partial charge in [0.05, 0.1) is 0 Å². The summed E-state index contributed by atoms with van der Waals surface area (Å²) in [4.78, 5) is 40.6. The summed E-state index contributed by atoms with van der Waals surface area (Å²) < 4.78 is 0. The fourth-order valence-corrected chi connectivity index (χ4v) is 3.22. The largest absolute Gasteiger partial charge is 0.347 e. The Labute approximate surface area is 158 Å². The maximum Gasteiger partial charge on any atom is 0.326 e. The monoisotopic (exact) mass is 365 g/mol. The smallest absolute Gasteiger partial charge is 0.326 e. The Morgan fingerprint density at radius 2 is 1.67 bits per heavy atom. The molecular formula is C21H23N3O3. The van der Waals surface area contributed by atoms with E-state index in [1.165, 1.54) is 4.90 Å². The van der Waals surface area contributed by atoms with Crippen molar-refractivity contribution in [2.45, 2.75) is 19.4 Å². The minimum Gasteiger partial charge on any atom is -0.347 e. The highest BCUT2D eigenvalue weighted by atomic mass is 16.2. The first-order chi connectivity index (χ1) is 12.8. The maximum atomic E-state index is 13.5. The van der Waals surface area contributed by atoms with Crippen LogP contribution in [0.25, 0.3) is 0 Å². The summed E-state index contributed by atoms with van der Waals surface area (Å²) in [6.45, 7) is 3.66. The predicted molar refractivity (Wildman–Crippen MR) is 102 cm³/mol. The number of amides is 4. The number of aryl methyl sites for hydroxylation is 2. The van der Waals surface area contributed by atoms with Gasteiger partial charge in [0.25, 0.3) is 5.91 Å². The molecule has 1 atom stereocenters. The van der Waals surface area contributed by atoms with Crippen LogP contribution in [0.3, 0.4) is 0 Å². The zero-order valence-electron chi connectivity index (χ0n) is 15.9. The van der Waals surface area contributed by atoms with E-state index >= 15 is 0 Å². The first-order valence-corrected chi connectivity index (χ1v) is 8.75. The predicted octanol–water partition coefficient (Wildman–Crippen LogP) is 2.19. The van der Waals surface area contributed by atoms with E-state index < -0.39 is 17.5 Å². The molecule has 0 saturated carbocycles. The molecule has 3 rings (SSSR count). The Morgan fingerprint density at radius 1 is 1.00 bits per heavy atom. The van der Waals surface area contributed by atoms with E-state index in [1.54, 1.807) is 14.1 Å². The molecule has 140 valence electrons. The number of carbonyl (C=O) groups excluding carboxylic acids is 3. The summed E-state index contributed by atoms with van der Waals surface area (Å²) in [6, 6.07) is 14.3. The summed E-state index contributed by atoms with van der Waals surface area (Å²) in [5, 5.41) is 2.86. The van der Waals surface area contributed by atoms with E-state index in [0.29, 0.717) is 11.1 Å². The maximum absolute atomic E-state index is 13.5. The van der Waals surface area contributed by atoms with Gasteiger partial charge in [-0.15, -0.1) is 0 Å². The molecule has 1 aliphatic heterocycles. The second-order valence-electron chi connectivity index (χ2n) is 7.02. The van der Waals surface area contributed by atoms with Crippen LogP contribution in [0.5, 0.6) is 0 Å². The van der Waals surface area contributed by atoms with Crippen molar-refractivity contribution in [3.05, 3.63) is 70.8 Å². The molecule has 6 heteroatoms. The average Bonchev–Trinajstić information content (AvgIpc) is 2.90. The highest BCUT2D eigenvalue weighted by molar-refractivity contribution is 6.11. The lowest BCUT2D eigenvalue weighted by molar-refractivity contribution is -0.137. The molecule has 4 amide bonds. The van der Waals surface area contributed by atoms with Crippen molar-refractivity contribution < 1.29 is 14.4 Å². The van der Waals surface area contributed by atoms with E-state index in [-0.39, 0.29) is 12.5 Å². The van der Waals surface area contributed by atoms with E-state index in [2.05, 4.69) is 5.32 Å². The van der Waals surface area contributed by atoms with Gasteiger partial charge in [-0.05, 0) is 36.1 Å². The van der Waals surface area contributed by atoms with Crippen molar-refractivity contribution in [1.82, 2.24) is 15.1 Å². The van der Waals surface area contributed by atoms with Crippen LogP contribution in [0.4, 0.5) is 4.79 Å². The van der Waals surface area contributed by atoms with Gasteiger partial charge in [0.2, 0.25) is 5.91 Å². The third kappa shape index (κ3) is 3.07. The second-order valence-corrected chi connectivity index (χ2v) is 7.02. The van der Waals surface area contributed by atoms with Crippen molar-refractivity contribution in [2.75, 3.05) is 20.6 Å². The summed E-state index contributed by atoms with van der Waals surface area (Å²) in [6.07, 6.45) is 0. The van der Waals surface area contributed by atoms with Crippen molar-refractivity contribution in [3.63, 3.8) is 0 Å². The number of urea groups is 1. The van der Waals surface area contributed by atoms with Crippen molar-refractivity contribution in [3.8, 4) is 0 Å². The lowest BCUT2D eigenvalue weighted by Gasteiger charge is -2.28. The Morgan fingerprint density at radius 3 is 2.26 bits per heavy atom. The molecule has 1 fully saturated rings. The number of nitrogens with one attached hydrogen (secondary N) is 1. The van der Waals surface area contributed by atoms with Gasteiger partial charge in [-0.25, -0.2) is 4.79 Å². The summed E-state index contributed by atoms with van der Waals surface area (Å²) >= 11 is 0. The number of imide groups is 1. The summed E-state index contributed by atoms with van der Waals surface area (Å²) in [5.74, 6) is -0.764. The number of nitrogens with zero attached hydrogens (tertiary/aromatic N) is 2. The van der Waals surface area contributed by atoms with Crippen LogP contribution in [0.1, 0.15) is 22.3 Å². The Kier molecular flexibility index (Phi) is 4.74. The number of hydrogen-bond donors (Lipinski definition) is 1. The van der Waals surface area contributed by atoms with Crippen LogP contribution < -0.4 is 5.32 Å². The molecule has 1 saturated heterocycles. The lowest BCUT2D eigenvalue weighted by Crippen LogP contribution is -2.46. The van der Waals surface area contributed by atoms with Gasteiger partial charge in [-0.2, -0.15) is 0 Å². The van der Waals surface area contributed by atoms with E-state index in [4.69, 9.17) is 0 Å². The molecule has 2 aromatic carbocycles. The van der Waals surface area contributed by atoms with Crippen molar-refractivity contribution in [2.24, 2.45) is 0 Å². The van der Waals surface area contributed by atoms with Gasteiger partial charge >= 0.3 is 6.03 Å². The standard InChI is InChI=1S/C21H23N3O3/c1-14-10-11-17(12-15(14)2)21(16-8-6-5-7-9-16)19(26)24(20(27)22-21)13-18(25)23(3)4/h5-12H,13H2,1-4H3,(H,22,27)/t21-/m0/s1. The molecular weight excluding hydrogens is 342 g/mol. The van der Waals surface area contributed by atoms with Gasteiger partial charge in [-0.3, -0.25) is 14.5 Å². The molecule has 2 aromatic rings. The number of carbonyl (C=O) groups is 3. The third-order valence-corrected chi connectivity index (χ3v) is 5.04. The molecule has 0 aliphatic carbocycles. The Hall–Kier alpha value is -3.15. The van der Waals surface area contributed by atoms with Gasteiger partial charge in [0, 0.05) is 14.1 Å². The topological polar surface area (TPSA) is 69.7 Å². The van der Waals surface area contributed by atoms with Crippen LogP contribution in [0, 0.1) is 13.8 Å². The van der Waals surface area contributed by atoms with E-state index in [1.807, 2.05) is 62.4 Å². The molecule has 0 radical (unpaired) electrons. The second kappa shape index (κ2) is 6.87. The van der Waals surface area contributed by atoms with Gasteiger partial charge in [-0.1, -0.05) is 48.5 Å². The minimum absolute atomic E-state index is 0.295. The normalized spacial score (nSPS) is 19.2. The van der Waals surface area contributed by atoms with Gasteiger partial charge < -0.3 is 10.2 Å². The number of benzene rings is 2. The van der Waals surface area contributed by atoms with E-state index in [0.717, 1.165) is 16.0 Å². The number of likely N-dealkylation sites (N-methyl/N-ethyl adjacent to an activating group) is 1. The average molecular weight is 365 g/mol. The van der Waals surface area contributed by atoms with Crippen LogP contribution in [-0.4, -0.2) is 48.3 Å².